The zero-order chi connectivity index (χ0) is 18.7. The van der Waals surface area contributed by atoms with Gasteiger partial charge in [0.25, 0.3) is 0 Å². The van der Waals surface area contributed by atoms with Crippen molar-refractivity contribution >= 4 is 11.4 Å². The van der Waals surface area contributed by atoms with Gasteiger partial charge >= 0.3 is 5.69 Å². The van der Waals surface area contributed by atoms with Crippen LogP contribution in [0.15, 0.2) is 12.1 Å². The Bertz CT molecular complexity index is 650. The molecule has 1 aliphatic heterocycles. The van der Waals surface area contributed by atoms with Gasteiger partial charge in [0.2, 0.25) is 5.82 Å². The first-order valence-electron chi connectivity index (χ1n) is 9.20. The summed E-state index contributed by atoms with van der Waals surface area (Å²) in [6.45, 7) is 1.64. The number of nitro benzene ring substituents is 1. The number of benzene rings is 1. The maximum atomic E-state index is 14.1. The minimum absolute atomic E-state index is 0.0252. The van der Waals surface area contributed by atoms with Gasteiger partial charge in [-0.25, -0.2) is 0 Å². The Labute approximate surface area is 152 Å². The van der Waals surface area contributed by atoms with Crippen LogP contribution in [0.3, 0.4) is 0 Å². The Kier molecular flexibility index (Phi) is 5.93. The summed E-state index contributed by atoms with van der Waals surface area (Å²) >= 11 is 0. The Morgan fingerprint density at radius 3 is 2.58 bits per heavy atom. The van der Waals surface area contributed by atoms with Crippen molar-refractivity contribution < 1.29 is 19.2 Å². The molecule has 2 aliphatic rings. The first-order valence-corrected chi connectivity index (χ1v) is 9.20. The number of likely N-dealkylation sites (tertiary alicyclic amines) is 1. The molecule has 3 rings (SSSR count). The van der Waals surface area contributed by atoms with Crippen LogP contribution in [0.4, 0.5) is 15.8 Å². The molecule has 1 aromatic rings. The molecule has 0 amide bonds. The average molecular weight is 367 g/mol. The van der Waals surface area contributed by atoms with E-state index in [4.69, 9.17) is 4.74 Å². The van der Waals surface area contributed by atoms with E-state index in [2.05, 4.69) is 10.2 Å². The molecule has 7 nitrogen and oxygen atoms in total. The molecule has 0 radical (unpaired) electrons. The van der Waals surface area contributed by atoms with Gasteiger partial charge in [0.15, 0.2) is 0 Å². The van der Waals surface area contributed by atoms with Gasteiger partial charge < -0.3 is 15.2 Å². The van der Waals surface area contributed by atoms with Gasteiger partial charge in [0, 0.05) is 37.3 Å². The van der Waals surface area contributed by atoms with E-state index in [9.17, 15) is 19.6 Å². The molecular formula is C18H26FN3O4. The number of aliphatic hydroxyl groups excluding tert-OH is 1. The number of ether oxygens (including phenoxy) is 1. The smallest absolute Gasteiger partial charge is 0.327 e. The molecule has 0 aromatic heterocycles. The molecule has 2 unspecified atom stereocenters. The predicted molar refractivity (Wildman–Crippen MR) is 96.1 cm³/mol. The van der Waals surface area contributed by atoms with Crippen molar-refractivity contribution in [1.82, 2.24) is 4.90 Å². The van der Waals surface area contributed by atoms with E-state index in [1.807, 2.05) is 0 Å². The number of methoxy groups -OCH3 is 1. The monoisotopic (exact) mass is 367 g/mol. The maximum absolute atomic E-state index is 14.1. The van der Waals surface area contributed by atoms with Crippen LogP contribution in [0, 0.1) is 15.9 Å². The number of anilines is 1. The van der Waals surface area contributed by atoms with E-state index in [1.165, 1.54) is 13.2 Å². The summed E-state index contributed by atoms with van der Waals surface area (Å²) < 4.78 is 19.1. The third-order valence-electron chi connectivity index (χ3n) is 5.51. The lowest BCUT2D eigenvalue weighted by atomic mass is 9.89. The molecule has 2 fully saturated rings. The predicted octanol–water partition coefficient (Wildman–Crippen LogP) is 2.92. The maximum Gasteiger partial charge on any atom is 0.327 e. The van der Waals surface area contributed by atoms with E-state index in [-0.39, 0.29) is 29.6 Å². The van der Waals surface area contributed by atoms with Crippen LogP contribution in [-0.4, -0.2) is 53.3 Å². The first kappa shape index (κ1) is 18.8. The van der Waals surface area contributed by atoms with Crippen LogP contribution in [0.25, 0.3) is 0 Å². The molecule has 1 saturated carbocycles. The third kappa shape index (κ3) is 4.07. The minimum atomic E-state index is -0.903. The van der Waals surface area contributed by atoms with Crippen molar-refractivity contribution in [3.63, 3.8) is 0 Å². The number of halogens is 1. The second kappa shape index (κ2) is 8.18. The Morgan fingerprint density at radius 1 is 1.27 bits per heavy atom. The number of rotatable bonds is 5. The highest BCUT2D eigenvalue weighted by Gasteiger charge is 2.32. The number of nitro groups is 1. The fourth-order valence-electron chi connectivity index (χ4n) is 4.10. The number of hydrogen-bond donors (Lipinski definition) is 2. The average Bonchev–Trinajstić information content (AvgIpc) is 2.62. The highest BCUT2D eigenvalue weighted by atomic mass is 19.1. The van der Waals surface area contributed by atoms with Crippen LogP contribution < -0.4 is 10.1 Å². The fraction of sp³-hybridized carbons (Fsp3) is 0.667. The number of hydrogen-bond acceptors (Lipinski definition) is 6. The van der Waals surface area contributed by atoms with Crippen molar-refractivity contribution in [3.8, 4) is 5.75 Å². The van der Waals surface area contributed by atoms with Gasteiger partial charge in [-0.05, 0) is 25.7 Å². The molecule has 2 atom stereocenters. The van der Waals surface area contributed by atoms with E-state index in [0.717, 1.165) is 57.7 Å². The van der Waals surface area contributed by atoms with Crippen LogP contribution in [-0.2, 0) is 0 Å². The zero-order valence-corrected chi connectivity index (χ0v) is 15.0. The summed E-state index contributed by atoms with van der Waals surface area (Å²) in [5, 5.41) is 24.6. The van der Waals surface area contributed by atoms with Gasteiger partial charge in [-0.3, -0.25) is 15.0 Å². The van der Waals surface area contributed by atoms with Crippen LogP contribution >= 0.6 is 0 Å². The number of nitrogens with zero attached hydrogens (tertiary/aromatic N) is 2. The summed E-state index contributed by atoms with van der Waals surface area (Å²) in [6, 6.07) is 2.74. The van der Waals surface area contributed by atoms with E-state index in [0.29, 0.717) is 0 Å². The van der Waals surface area contributed by atoms with Crippen molar-refractivity contribution in [2.45, 2.75) is 56.7 Å². The molecule has 26 heavy (non-hydrogen) atoms. The lowest BCUT2D eigenvalue weighted by Crippen LogP contribution is -2.50. The molecule has 1 heterocycles. The van der Waals surface area contributed by atoms with Gasteiger partial charge in [-0.2, -0.15) is 4.39 Å². The Morgan fingerprint density at radius 2 is 1.96 bits per heavy atom. The Balaban J connectivity index is 1.66. The topological polar surface area (TPSA) is 87.9 Å². The first-order chi connectivity index (χ1) is 12.5. The second-order valence-corrected chi connectivity index (χ2v) is 7.14. The molecule has 1 aliphatic carbocycles. The Hall–Kier alpha value is -1.93. The van der Waals surface area contributed by atoms with Crippen LogP contribution in [0.1, 0.15) is 38.5 Å². The van der Waals surface area contributed by atoms with Crippen LogP contribution in [0.5, 0.6) is 5.75 Å². The van der Waals surface area contributed by atoms with E-state index >= 15 is 0 Å². The molecule has 8 heteroatoms. The van der Waals surface area contributed by atoms with Gasteiger partial charge in [-0.1, -0.05) is 12.8 Å². The quantitative estimate of drug-likeness (QED) is 0.615. The standard InChI is InChI=1S/C18H26FN3O4/c1-26-13-10-14(19)18(22(24)25)15(11-13)20-12-6-8-21(9-7-12)16-4-2-3-5-17(16)23/h10-12,16-17,20,23H,2-9H2,1H3. The van der Waals surface area contributed by atoms with Crippen molar-refractivity contribution in [1.29, 1.82) is 0 Å². The normalized spacial score (nSPS) is 25.0. The van der Waals surface area contributed by atoms with E-state index < -0.39 is 16.4 Å². The summed E-state index contributed by atoms with van der Waals surface area (Å²) in [5.41, 5.74) is -0.390. The largest absolute Gasteiger partial charge is 0.497 e. The highest BCUT2D eigenvalue weighted by Crippen LogP contribution is 2.34. The SMILES string of the molecule is COc1cc(F)c([N+](=O)[O-])c(NC2CCN(C3CCCCC3O)CC2)c1. The highest BCUT2D eigenvalue weighted by molar-refractivity contribution is 5.65. The number of nitrogens with one attached hydrogen (secondary N) is 1. The zero-order valence-electron chi connectivity index (χ0n) is 15.0. The lowest BCUT2D eigenvalue weighted by molar-refractivity contribution is -0.386. The van der Waals surface area contributed by atoms with Gasteiger partial charge in [0.1, 0.15) is 11.4 Å². The van der Waals surface area contributed by atoms with Gasteiger partial charge in [-0.15, -0.1) is 0 Å². The molecule has 1 saturated heterocycles. The summed E-state index contributed by atoms with van der Waals surface area (Å²) in [5.74, 6) is -0.655. The van der Waals surface area contributed by atoms with E-state index in [1.54, 1.807) is 0 Å². The molecule has 0 spiro atoms. The number of aliphatic hydroxyl groups is 1. The van der Waals surface area contributed by atoms with Gasteiger partial charge in [0.05, 0.1) is 18.1 Å². The van der Waals surface area contributed by atoms with Crippen molar-refractivity contribution in [2.75, 3.05) is 25.5 Å². The molecule has 0 bridgehead atoms. The lowest BCUT2D eigenvalue weighted by Gasteiger charge is -2.41. The molecule has 1 aromatic carbocycles. The summed E-state index contributed by atoms with van der Waals surface area (Å²) in [6.07, 6.45) is 5.43. The fourth-order valence-corrected chi connectivity index (χ4v) is 4.10. The third-order valence-corrected chi connectivity index (χ3v) is 5.51. The van der Waals surface area contributed by atoms with Crippen molar-refractivity contribution in [2.24, 2.45) is 0 Å². The van der Waals surface area contributed by atoms with Crippen molar-refractivity contribution in [3.05, 3.63) is 28.1 Å². The molecule has 2 N–H and O–H groups in total. The molecular weight excluding hydrogens is 341 g/mol. The summed E-state index contributed by atoms with van der Waals surface area (Å²) in [7, 11) is 1.40. The molecule has 144 valence electrons. The van der Waals surface area contributed by atoms with Crippen LogP contribution in [0.2, 0.25) is 0 Å². The minimum Gasteiger partial charge on any atom is -0.497 e. The number of piperidine rings is 1. The summed E-state index contributed by atoms with van der Waals surface area (Å²) in [4.78, 5) is 12.8. The second-order valence-electron chi connectivity index (χ2n) is 7.14.